The van der Waals surface area contributed by atoms with Crippen LogP contribution in [0.5, 0.6) is 0 Å². The van der Waals surface area contributed by atoms with E-state index in [0.29, 0.717) is 11.3 Å². The van der Waals surface area contributed by atoms with Gasteiger partial charge in [0.05, 0.1) is 0 Å². The lowest BCUT2D eigenvalue weighted by Gasteiger charge is -2.28. The predicted octanol–water partition coefficient (Wildman–Crippen LogP) is 3.80. The summed E-state index contributed by atoms with van der Waals surface area (Å²) in [5.74, 6) is 1.40. The topological polar surface area (TPSA) is 0 Å². The maximum Gasteiger partial charge on any atom is 0.00112 e. The summed E-state index contributed by atoms with van der Waals surface area (Å²) in [6.07, 6.45) is 6.81. The molecule has 0 aromatic carbocycles. The number of allylic oxidation sites excluding steroid dienone is 4. The van der Waals surface area contributed by atoms with Crippen molar-refractivity contribution in [3.63, 3.8) is 0 Å². The molecule has 0 bridgehead atoms. The van der Waals surface area contributed by atoms with Crippen LogP contribution in [0.4, 0.5) is 0 Å². The Bertz CT molecular complexity index is 211. The van der Waals surface area contributed by atoms with Gasteiger partial charge in [-0.3, -0.25) is 0 Å². The zero-order valence-electron chi connectivity index (χ0n) is 8.89. The van der Waals surface area contributed by atoms with Crippen LogP contribution >= 0.6 is 0 Å². The van der Waals surface area contributed by atoms with E-state index in [1.54, 1.807) is 5.57 Å². The van der Waals surface area contributed by atoms with E-state index >= 15 is 0 Å². The Morgan fingerprint density at radius 1 is 1.25 bits per heavy atom. The molecule has 0 aromatic heterocycles. The van der Waals surface area contributed by atoms with E-state index in [1.165, 1.54) is 0 Å². The first-order chi connectivity index (χ1) is 5.43. The molecule has 0 aliphatic heterocycles. The van der Waals surface area contributed by atoms with Crippen LogP contribution in [-0.2, 0) is 0 Å². The van der Waals surface area contributed by atoms with E-state index in [9.17, 15) is 0 Å². The van der Waals surface area contributed by atoms with Gasteiger partial charge in [0, 0.05) is 5.92 Å². The van der Waals surface area contributed by atoms with Crippen LogP contribution < -0.4 is 0 Å². The van der Waals surface area contributed by atoms with Gasteiger partial charge in [-0.1, -0.05) is 58.4 Å². The smallest absolute Gasteiger partial charge is 0.00112 e. The van der Waals surface area contributed by atoms with Crippen LogP contribution in [0, 0.1) is 17.3 Å². The molecule has 1 aliphatic carbocycles. The van der Waals surface area contributed by atoms with Gasteiger partial charge in [-0.2, -0.15) is 0 Å². The molecule has 0 fully saturated rings. The molecule has 0 spiro atoms. The largest absolute Gasteiger partial charge is 0.0771 e. The van der Waals surface area contributed by atoms with Crippen molar-refractivity contribution in [2.45, 2.75) is 34.6 Å². The first kappa shape index (κ1) is 9.57. The average molecular weight is 164 g/mol. The number of hydrogen-bond donors (Lipinski definition) is 0. The Balaban J connectivity index is 2.81. The van der Waals surface area contributed by atoms with Crippen LogP contribution in [0.1, 0.15) is 34.6 Å². The fraction of sp³-hybridized carbons (Fsp3) is 0.667. The fourth-order valence-corrected chi connectivity index (χ4v) is 1.83. The zero-order valence-corrected chi connectivity index (χ0v) is 8.89. The van der Waals surface area contributed by atoms with E-state index in [4.69, 9.17) is 0 Å². The Morgan fingerprint density at radius 3 is 2.17 bits per heavy atom. The first-order valence-corrected chi connectivity index (χ1v) is 4.82. The molecule has 0 heteroatoms. The minimum absolute atomic E-state index is 0.332. The van der Waals surface area contributed by atoms with Gasteiger partial charge in [0.25, 0.3) is 0 Å². The quantitative estimate of drug-likeness (QED) is 0.553. The second-order valence-electron chi connectivity index (χ2n) is 5.03. The zero-order chi connectivity index (χ0) is 9.35. The summed E-state index contributed by atoms with van der Waals surface area (Å²) in [6, 6.07) is 0. The molecule has 1 unspecified atom stereocenters. The molecule has 0 saturated heterocycles. The summed E-state index contributed by atoms with van der Waals surface area (Å²) >= 11 is 0. The van der Waals surface area contributed by atoms with Crippen molar-refractivity contribution in [2.24, 2.45) is 17.3 Å². The minimum atomic E-state index is 0.332. The Morgan fingerprint density at radius 2 is 1.83 bits per heavy atom. The molecular formula is C12H20. The third kappa shape index (κ3) is 1.80. The number of hydrogen-bond acceptors (Lipinski definition) is 0. The lowest BCUT2D eigenvalue weighted by Crippen LogP contribution is -2.18. The summed E-state index contributed by atoms with van der Waals surface area (Å²) in [7, 11) is 0. The minimum Gasteiger partial charge on any atom is -0.0771 e. The monoisotopic (exact) mass is 164 g/mol. The molecule has 0 heterocycles. The van der Waals surface area contributed by atoms with Crippen molar-refractivity contribution in [1.82, 2.24) is 0 Å². The van der Waals surface area contributed by atoms with Gasteiger partial charge in [0.2, 0.25) is 0 Å². The lowest BCUT2D eigenvalue weighted by molar-refractivity contribution is 0.405. The molecule has 0 radical (unpaired) electrons. The molecule has 0 saturated carbocycles. The molecule has 0 N–H and O–H groups in total. The second kappa shape index (κ2) is 3.08. The molecule has 12 heavy (non-hydrogen) atoms. The van der Waals surface area contributed by atoms with Crippen molar-refractivity contribution >= 4 is 0 Å². The van der Waals surface area contributed by atoms with Gasteiger partial charge in [0.15, 0.2) is 0 Å². The molecule has 1 aliphatic rings. The third-order valence-electron chi connectivity index (χ3n) is 2.54. The van der Waals surface area contributed by atoms with Gasteiger partial charge < -0.3 is 0 Å². The fourth-order valence-electron chi connectivity index (χ4n) is 1.83. The summed E-state index contributed by atoms with van der Waals surface area (Å²) in [4.78, 5) is 0. The van der Waals surface area contributed by atoms with Crippen molar-refractivity contribution < 1.29 is 0 Å². The molecule has 0 nitrogen and oxygen atoms in total. The van der Waals surface area contributed by atoms with Crippen LogP contribution in [0.2, 0.25) is 0 Å². The molecular weight excluding hydrogens is 144 g/mol. The highest BCUT2D eigenvalue weighted by molar-refractivity contribution is 5.31. The van der Waals surface area contributed by atoms with Crippen molar-refractivity contribution in [3.8, 4) is 0 Å². The molecule has 1 rings (SSSR count). The van der Waals surface area contributed by atoms with Crippen LogP contribution in [0.3, 0.4) is 0 Å². The normalized spacial score (nSPS) is 23.5. The highest BCUT2D eigenvalue weighted by atomic mass is 14.3. The van der Waals surface area contributed by atoms with Gasteiger partial charge in [0.1, 0.15) is 0 Å². The first-order valence-electron chi connectivity index (χ1n) is 4.82. The van der Waals surface area contributed by atoms with Gasteiger partial charge in [-0.15, -0.1) is 0 Å². The molecule has 0 aromatic rings. The maximum absolute atomic E-state index is 2.32. The lowest BCUT2D eigenvalue weighted by atomic mass is 9.76. The maximum atomic E-state index is 2.32. The van der Waals surface area contributed by atoms with Crippen LogP contribution in [0.25, 0.3) is 0 Å². The summed E-state index contributed by atoms with van der Waals surface area (Å²) in [6.45, 7) is 11.5. The van der Waals surface area contributed by atoms with Crippen molar-refractivity contribution in [3.05, 3.63) is 23.8 Å². The van der Waals surface area contributed by atoms with E-state index < -0.39 is 0 Å². The Hall–Kier alpha value is -0.520. The van der Waals surface area contributed by atoms with Gasteiger partial charge >= 0.3 is 0 Å². The number of rotatable bonds is 1. The van der Waals surface area contributed by atoms with Crippen LogP contribution in [0.15, 0.2) is 23.8 Å². The predicted molar refractivity (Wildman–Crippen MR) is 55.0 cm³/mol. The second-order valence-corrected chi connectivity index (χ2v) is 5.03. The molecule has 1 atom stereocenters. The molecule has 0 amide bonds. The standard InChI is InChI=1S/C12H20/c1-9(2)10-7-6-8-11(10)12(3,4)5/h6-10H,1-5H3. The summed E-state index contributed by atoms with van der Waals surface area (Å²) in [5.41, 5.74) is 1.91. The van der Waals surface area contributed by atoms with Crippen molar-refractivity contribution in [1.29, 1.82) is 0 Å². The van der Waals surface area contributed by atoms with E-state index in [2.05, 4.69) is 52.8 Å². The van der Waals surface area contributed by atoms with Gasteiger partial charge in [-0.25, -0.2) is 0 Å². The van der Waals surface area contributed by atoms with Gasteiger partial charge in [-0.05, 0) is 11.3 Å². The summed E-state index contributed by atoms with van der Waals surface area (Å²) < 4.78 is 0. The highest BCUT2D eigenvalue weighted by Crippen LogP contribution is 2.38. The van der Waals surface area contributed by atoms with Crippen molar-refractivity contribution in [2.75, 3.05) is 0 Å². The average Bonchev–Trinajstić information content (AvgIpc) is 2.30. The summed E-state index contributed by atoms with van der Waals surface area (Å²) in [5, 5.41) is 0. The molecule has 68 valence electrons. The third-order valence-corrected chi connectivity index (χ3v) is 2.54. The Kier molecular flexibility index (Phi) is 2.46. The SMILES string of the molecule is CC(C)C1C=CC=C1C(C)(C)C. The van der Waals surface area contributed by atoms with E-state index in [1.807, 2.05) is 0 Å². The van der Waals surface area contributed by atoms with E-state index in [-0.39, 0.29) is 0 Å². The Labute approximate surface area is 76.4 Å². The van der Waals surface area contributed by atoms with E-state index in [0.717, 1.165) is 5.92 Å². The highest BCUT2D eigenvalue weighted by Gasteiger charge is 2.27. The van der Waals surface area contributed by atoms with Crippen LogP contribution in [-0.4, -0.2) is 0 Å².